The molecule has 0 saturated heterocycles. The van der Waals surface area contributed by atoms with Crippen LogP contribution in [0.2, 0.25) is 0 Å². The van der Waals surface area contributed by atoms with Gasteiger partial charge in [-0.25, -0.2) is 0 Å². The summed E-state index contributed by atoms with van der Waals surface area (Å²) in [5.74, 6) is 2.24. The lowest BCUT2D eigenvalue weighted by Crippen LogP contribution is -2.26. The number of ether oxygens (including phenoxy) is 1. The summed E-state index contributed by atoms with van der Waals surface area (Å²) < 4.78 is 15.9. The Kier molecular flexibility index (Phi) is 5.25. The third kappa shape index (κ3) is 3.81. The van der Waals surface area contributed by atoms with Crippen LogP contribution in [0, 0.1) is 0 Å². The summed E-state index contributed by atoms with van der Waals surface area (Å²) in [6.07, 6.45) is 1.56. The molecule has 3 aromatic rings. The number of hydrogen-bond acceptors (Lipinski definition) is 7. The topological polar surface area (TPSA) is 84.8 Å². The fraction of sp³-hybridized carbons (Fsp3) is 0.294. The van der Waals surface area contributed by atoms with Gasteiger partial charge in [-0.1, -0.05) is 23.4 Å². The predicted octanol–water partition coefficient (Wildman–Crippen LogP) is 2.33. The van der Waals surface area contributed by atoms with Crippen molar-refractivity contribution in [2.24, 2.45) is 0 Å². The van der Waals surface area contributed by atoms with Crippen molar-refractivity contribution in [3.63, 3.8) is 0 Å². The average Bonchev–Trinajstić information content (AvgIpc) is 3.26. The van der Waals surface area contributed by atoms with Gasteiger partial charge in [0.05, 0.1) is 26.5 Å². The monoisotopic (exact) mass is 329 g/mol. The van der Waals surface area contributed by atoms with Crippen molar-refractivity contribution in [1.29, 1.82) is 0 Å². The molecule has 3 rings (SSSR count). The largest absolute Gasteiger partial charge is 0.496 e. The first-order valence-electron chi connectivity index (χ1n) is 7.61. The van der Waals surface area contributed by atoms with Crippen LogP contribution in [0.5, 0.6) is 5.75 Å². The number of benzene rings is 1. The number of aromatic nitrogens is 2. The maximum atomic E-state index is 9.32. The smallest absolute Gasteiger partial charge is 0.241 e. The molecule has 0 saturated carbocycles. The van der Waals surface area contributed by atoms with E-state index in [-0.39, 0.29) is 6.61 Å². The fourth-order valence-corrected chi connectivity index (χ4v) is 2.45. The molecule has 24 heavy (non-hydrogen) atoms. The number of para-hydroxylation sites is 1. The van der Waals surface area contributed by atoms with E-state index in [9.17, 15) is 5.11 Å². The van der Waals surface area contributed by atoms with E-state index < -0.39 is 0 Å². The van der Waals surface area contributed by atoms with Crippen LogP contribution in [0.3, 0.4) is 0 Å². The number of furan rings is 1. The minimum atomic E-state index is 0.0360. The Hall–Kier alpha value is -2.64. The van der Waals surface area contributed by atoms with Crippen LogP contribution in [0.4, 0.5) is 0 Å². The number of aliphatic hydroxyl groups is 1. The highest BCUT2D eigenvalue weighted by atomic mass is 16.5. The molecule has 2 heterocycles. The van der Waals surface area contributed by atoms with Crippen molar-refractivity contribution in [2.75, 3.05) is 20.3 Å². The first-order valence-corrected chi connectivity index (χ1v) is 7.61. The molecule has 0 radical (unpaired) electrons. The van der Waals surface area contributed by atoms with Gasteiger partial charge in [-0.15, -0.1) is 0 Å². The molecule has 0 amide bonds. The molecule has 2 aromatic heterocycles. The normalized spacial score (nSPS) is 11.1. The Bertz CT molecular complexity index is 755. The fourth-order valence-electron chi connectivity index (χ4n) is 2.45. The highest BCUT2D eigenvalue weighted by Crippen LogP contribution is 2.21. The number of nitrogens with zero attached hydrogens (tertiary/aromatic N) is 3. The molecule has 126 valence electrons. The van der Waals surface area contributed by atoms with Gasteiger partial charge in [0.25, 0.3) is 0 Å². The molecule has 0 aliphatic heterocycles. The Morgan fingerprint density at radius 2 is 2.04 bits per heavy atom. The molecule has 0 fully saturated rings. The second kappa shape index (κ2) is 7.76. The zero-order valence-electron chi connectivity index (χ0n) is 13.4. The third-order valence-corrected chi connectivity index (χ3v) is 3.57. The number of hydrogen-bond donors (Lipinski definition) is 1. The number of aliphatic hydroxyl groups excluding tert-OH is 1. The Labute approximate surface area is 139 Å². The summed E-state index contributed by atoms with van der Waals surface area (Å²) in [4.78, 5) is 6.34. The van der Waals surface area contributed by atoms with Crippen LogP contribution in [-0.2, 0) is 13.1 Å². The van der Waals surface area contributed by atoms with Crippen molar-refractivity contribution in [2.45, 2.75) is 13.1 Å². The molecule has 0 bridgehead atoms. The maximum absolute atomic E-state index is 9.32. The summed E-state index contributed by atoms with van der Waals surface area (Å²) in [5.41, 5.74) is 1.03. The van der Waals surface area contributed by atoms with E-state index in [0.717, 1.165) is 11.3 Å². The van der Waals surface area contributed by atoms with Gasteiger partial charge in [-0.3, -0.25) is 4.90 Å². The summed E-state index contributed by atoms with van der Waals surface area (Å²) in [7, 11) is 1.64. The van der Waals surface area contributed by atoms with Gasteiger partial charge in [-0.2, -0.15) is 4.98 Å². The second-order valence-corrected chi connectivity index (χ2v) is 5.24. The second-order valence-electron chi connectivity index (χ2n) is 5.24. The number of methoxy groups -OCH3 is 1. The van der Waals surface area contributed by atoms with Crippen molar-refractivity contribution < 1.29 is 18.8 Å². The lowest BCUT2D eigenvalue weighted by molar-refractivity contribution is 0.166. The Morgan fingerprint density at radius 1 is 1.17 bits per heavy atom. The van der Waals surface area contributed by atoms with Crippen LogP contribution in [0.15, 0.2) is 51.6 Å². The first kappa shape index (κ1) is 16.2. The van der Waals surface area contributed by atoms with Gasteiger partial charge in [0.2, 0.25) is 11.7 Å². The van der Waals surface area contributed by atoms with Crippen molar-refractivity contribution in [1.82, 2.24) is 15.0 Å². The van der Waals surface area contributed by atoms with E-state index in [4.69, 9.17) is 13.7 Å². The minimum Gasteiger partial charge on any atom is -0.496 e. The number of rotatable bonds is 8. The van der Waals surface area contributed by atoms with E-state index in [1.54, 1.807) is 25.5 Å². The van der Waals surface area contributed by atoms with Crippen molar-refractivity contribution in [3.8, 4) is 17.3 Å². The van der Waals surface area contributed by atoms with Gasteiger partial charge in [0.1, 0.15) is 5.75 Å². The van der Waals surface area contributed by atoms with Crippen LogP contribution >= 0.6 is 0 Å². The SMILES string of the molecule is COc1ccccc1CN(CCO)Cc1nc(-c2ccco2)no1. The Balaban J connectivity index is 1.72. The van der Waals surface area contributed by atoms with Gasteiger partial charge in [-0.05, 0) is 18.2 Å². The third-order valence-electron chi connectivity index (χ3n) is 3.57. The van der Waals surface area contributed by atoms with Gasteiger partial charge >= 0.3 is 0 Å². The molecule has 0 aliphatic carbocycles. The average molecular weight is 329 g/mol. The summed E-state index contributed by atoms with van der Waals surface area (Å²) >= 11 is 0. The summed E-state index contributed by atoms with van der Waals surface area (Å²) in [6.45, 7) is 1.54. The summed E-state index contributed by atoms with van der Waals surface area (Å²) in [6, 6.07) is 11.3. The van der Waals surface area contributed by atoms with Crippen LogP contribution < -0.4 is 4.74 Å². The van der Waals surface area contributed by atoms with E-state index in [2.05, 4.69) is 10.1 Å². The zero-order chi connectivity index (χ0) is 16.8. The van der Waals surface area contributed by atoms with Crippen LogP contribution in [0.1, 0.15) is 11.5 Å². The van der Waals surface area contributed by atoms with Crippen molar-refractivity contribution in [3.05, 3.63) is 54.1 Å². The molecule has 0 spiro atoms. The lowest BCUT2D eigenvalue weighted by Gasteiger charge is -2.20. The maximum Gasteiger partial charge on any atom is 0.241 e. The molecule has 0 atom stereocenters. The molecule has 7 nitrogen and oxygen atoms in total. The minimum absolute atomic E-state index is 0.0360. The first-order chi connectivity index (χ1) is 11.8. The standard InChI is InChI=1S/C17H19N3O4/c1-22-14-6-3-2-5-13(14)11-20(8-9-21)12-16-18-17(19-24-16)15-7-4-10-23-15/h2-7,10,21H,8-9,11-12H2,1H3. The summed E-state index contributed by atoms with van der Waals surface area (Å²) in [5, 5.41) is 13.2. The van der Waals surface area contributed by atoms with E-state index in [0.29, 0.717) is 37.1 Å². The van der Waals surface area contributed by atoms with E-state index >= 15 is 0 Å². The zero-order valence-corrected chi connectivity index (χ0v) is 13.4. The van der Waals surface area contributed by atoms with Gasteiger partial charge in [0, 0.05) is 18.7 Å². The molecule has 0 unspecified atom stereocenters. The molecule has 1 N–H and O–H groups in total. The highest BCUT2D eigenvalue weighted by molar-refractivity contribution is 5.44. The highest BCUT2D eigenvalue weighted by Gasteiger charge is 2.16. The molecule has 0 aliphatic rings. The van der Waals surface area contributed by atoms with Crippen molar-refractivity contribution >= 4 is 0 Å². The predicted molar refractivity (Wildman–Crippen MR) is 86.2 cm³/mol. The van der Waals surface area contributed by atoms with Crippen LogP contribution in [-0.4, -0.2) is 40.4 Å². The molecule has 1 aromatic carbocycles. The quantitative estimate of drug-likeness (QED) is 0.679. The van der Waals surface area contributed by atoms with E-state index in [1.165, 1.54) is 0 Å². The molecular formula is C17H19N3O4. The van der Waals surface area contributed by atoms with Gasteiger partial charge < -0.3 is 18.8 Å². The Morgan fingerprint density at radius 3 is 2.79 bits per heavy atom. The van der Waals surface area contributed by atoms with E-state index in [1.807, 2.05) is 29.2 Å². The van der Waals surface area contributed by atoms with Crippen LogP contribution in [0.25, 0.3) is 11.6 Å². The molecular weight excluding hydrogens is 310 g/mol. The van der Waals surface area contributed by atoms with Gasteiger partial charge in [0.15, 0.2) is 5.76 Å². The molecule has 7 heteroatoms. The lowest BCUT2D eigenvalue weighted by atomic mass is 10.2.